The van der Waals surface area contributed by atoms with Crippen molar-refractivity contribution in [2.24, 2.45) is 11.8 Å². The fourth-order valence-corrected chi connectivity index (χ4v) is 4.43. The third-order valence-corrected chi connectivity index (χ3v) is 6.72. The van der Waals surface area contributed by atoms with Gasteiger partial charge in [0, 0.05) is 19.0 Å². The summed E-state index contributed by atoms with van der Waals surface area (Å²) in [7, 11) is 1.28. The Bertz CT molecular complexity index is 1040. The molecule has 0 radical (unpaired) electrons. The molecule has 1 unspecified atom stereocenters. The van der Waals surface area contributed by atoms with E-state index < -0.39 is 23.7 Å². The van der Waals surface area contributed by atoms with Gasteiger partial charge in [-0.3, -0.25) is 0 Å². The van der Waals surface area contributed by atoms with Crippen molar-refractivity contribution in [1.82, 2.24) is 15.5 Å². The van der Waals surface area contributed by atoms with Crippen LogP contribution in [0.15, 0.2) is 28.8 Å². The van der Waals surface area contributed by atoms with Gasteiger partial charge in [0.2, 0.25) is 0 Å². The van der Waals surface area contributed by atoms with Crippen LogP contribution >= 0.6 is 0 Å². The molecule has 1 aromatic heterocycles. The zero-order chi connectivity index (χ0) is 27.9. The fourth-order valence-electron chi connectivity index (χ4n) is 4.43. The number of methoxy groups -OCH3 is 1. The SMILES string of the molecule is COC(=O)C(NC(=O)OC(C)(C)C)c1ccc(OCC[C@@H](C)C2CCN(c3nc(C(C)C)no3)CC2)cc1. The highest BCUT2D eigenvalue weighted by Crippen LogP contribution is 2.30. The van der Waals surface area contributed by atoms with Gasteiger partial charge in [0.15, 0.2) is 11.9 Å². The van der Waals surface area contributed by atoms with Crippen molar-refractivity contribution in [3.8, 4) is 5.75 Å². The molecule has 38 heavy (non-hydrogen) atoms. The van der Waals surface area contributed by atoms with E-state index in [-0.39, 0.29) is 5.92 Å². The molecule has 1 aromatic carbocycles. The highest BCUT2D eigenvalue weighted by Gasteiger charge is 2.28. The number of piperidine rings is 1. The standard InChI is InChI=1S/C28H42N4O6/c1-18(2)24-30-26(38-31-24)32-15-12-20(13-16-32)19(3)14-17-36-22-10-8-21(9-11-22)23(25(33)35-7)29-27(34)37-28(4,5)6/h8-11,18-20,23H,12-17H2,1-7H3,(H,29,34)/t19-,23?/m1/s1. The van der Waals surface area contributed by atoms with Crippen LogP contribution in [0.4, 0.5) is 10.8 Å². The Morgan fingerprint density at radius 1 is 1.13 bits per heavy atom. The van der Waals surface area contributed by atoms with Crippen LogP contribution in [0.3, 0.4) is 0 Å². The van der Waals surface area contributed by atoms with Crippen LogP contribution in [0.1, 0.15) is 84.2 Å². The van der Waals surface area contributed by atoms with E-state index in [1.165, 1.54) is 7.11 Å². The third kappa shape index (κ3) is 8.36. The van der Waals surface area contributed by atoms with Crippen LogP contribution in [0.2, 0.25) is 0 Å². The Kier molecular flexibility index (Phi) is 9.99. The van der Waals surface area contributed by atoms with E-state index in [0.717, 1.165) is 38.2 Å². The molecule has 10 heteroatoms. The molecule has 1 N–H and O–H groups in total. The number of nitrogens with zero attached hydrogens (tertiary/aromatic N) is 3. The van der Waals surface area contributed by atoms with Crippen molar-refractivity contribution in [3.05, 3.63) is 35.7 Å². The normalized spacial score (nSPS) is 16.2. The number of ether oxygens (including phenoxy) is 3. The molecular weight excluding hydrogens is 488 g/mol. The number of amides is 1. The Morgan fingerprint density at radius 3 is 2.34 bits per heavy atom. The number of nitrogens with one attached hydrogen (secondary N) is 1. The molecule has 1 amide bonds. The number of esters is 1. The summed E-state index contributed by atoms with van der Waals surface area (Å²) in [5, 5.41) is 6.66. The lowest BCUT2D eigenvalue weighted by molar-refractivity contribution is -0.143. The van der Waals surface area contributed by atoms with Crippen LogP contribution < -0.4 is 15.0 Å². The molecule has 1 aliphatic rings. The Morgan fingerprint density at radius 2 is 1.79 bits per heavy atom. The van der Waals surface area contributed by atoms with Crippen LogP contribution in [-0.2, 0) is 14.3 Å². The van der Waals surface area contributed by atoms with Crippen LogP contribution in [0.5, 0.6) is 5.75 Å². The first-order valence-electron chi connectivity index (χ1n) is 13.4. The highest BCUT2D eigenvalue weighted by molar-refractivity contribution is 5.82. The van der Waals surface area contributed by atoms with E-state index in [0.29, 0.717) is 35.8 Å². The molecule has 0 spiro atoms. The second-order valence-electron chi connectivity index (χ2n) is 11.2. The van der Waals surface area contributed by atoms with Gasteiger partial charge in [-0.05, 0) is 69.6 Å². The van der Waals surface area contributed by atoms with Gasteiger partial charge in [0.05, 0.1) is 13.7 Å². The molecule has 2 heterocycles. The second kappa shape index (κ2) is 13.0. The maximum Gasteiger partial charge on any atom is 0.408 e. The lowest BCUT2D eigenvalue weighted by Crippen LogP contribution is -2.38. The number of benzene rings is 1. The molecule has 1 fully saturated rings. The van der Waals surface area contributed by atoms with Gasteiger partial charge in [0.1, 0.15) is 11.4 Å². The predicted octanol–water partition coefficient (Wildman–Crippen LogP) is 5.25. The Hall–Kier alpha value is -3.30. The Balaban J connectivity index is 1.45. The van der Waals surface area contributed by atoms with Crippen molar-refractivity contribution in [3.63, 3.8) is 0 Å². The average molecular weight is 531 g/mol. The molecule has 2 aromatic rings. The topological polar surface area (TPSA) is 116 Å². The number of hydrogen-bond donors (Lipinski definition) is 1. The van der Waals surface area contributed by atoms with Crippen molar-refractivity contribution < 1.29 is 28.3 Å². The number of aromatic nitrogens is 2. The third-order valence-electron chi connectivity index (χ3n) is 6.72. The minimum atomic E-state index is -0.973. The van der Waals surface area contributed by atoms with E-state index >= 15 is 0 Å². The number of anilines is 1. The van der Waals surface area contributed by atoms with E-state index in [4.69, 9.17) is 18.7 Å². The lowest BCUT2D eigenvalue weighted by atomic mass is 9.84. The van der Waals surface area contributed by atoms with E-state index in [2.05, 4.69) is 41.1 Å². The minimum absolute atomic E-state index is 0.254. The smallest absolute Gasteiger partial charge is 0.408 e. The molecular formula is C28H42N4O6. The molecule has 10 nitrogen and oxygen atoms in total. The number of hydrogen-bond acceptors (Lipinski definition) is 9. The van der Waals surface area contributed by atoms with E-state index in [1.807, 2.05) is 0 Å². The number of alkyl carbamates (subject to hydrolysis) is 1. The second-order valence-corrected chi connectivity index (χ2v) is 11.2. The molecule has 1 saturated heterocycles. The molecule has 1 aliphatic heterocycles. The van der Waals surface area contributed by atoms with Gasteiger partial charge in [-0.25, -0.2) is 9.59 Å². The van der Waals surface area contributed by atoms with Crippen LogP contribution in [0.25, 0.3) is 0 Å². The summed E-state index contributed by atoms with van der Waals surface area (Å²) in [6.07, 6.45) is 2.41. The summed E-state index contributed by atoms with van der Waals surface area (Å²) in [4.78, 5) is 31.2. The van der Waals surface area contributed by atoms with Gasteiger partial charge in [-0.15, -0.1) is 0 Å². The maximum absolute atomic E-state index is 12.3. The van der Waals surface area contributed by atoms with Gasteiger partial charge in [-0.1, -0.05) is 38.1 Å². The predicted molar refractivity (Wildman–Crippen MR) is 143 cm³/mol. The van der Waals surface area contributed by atoms with Gasteiger partial charge < -0.3 is 29.0 Å². The monoisotopic (exact) mass is 530 g/mol. The van der Waals surface area contributed by atoms with Crippen molar-refractivity contribution >= 4 is 18.1 Å². The fraction of sp³-hybridized carbons (Fsp3) is 0.643. The summed E-state index contributed by atoms with van der Waals surface area (Å²) >= 11 is 0. The van der Waals surface area contributed by atoms with Gasteiger partial charge >= 0.3 is 18.1 Å². The summed E-state index contributed by atoms with van der Waals surface area (Å²) in [6.45, 7) is 14.1. The summed E-state index contributed by atoms with van der Waals surface area (Å²) in [5.74, 6) is 2.26. The number of carbonyl (C=O) groups is 2. The number of rotatable bonds is 10. The molecule has 0 bridgehead atoms. The van der Waals surface area contributed by atoms with E-state index in [1.54, 1.807) is 45.0 Å². The van der Waals surface area contributed by atoms with Crippen LogP contribution in [0, 0.1) is 11.8 Å². The zero-order valence-corrected chi connectivity index (χ0v) is 23.7. The molecule has 0 saturated carbocycles. The van der Waals surface area contributed by atoms with Gasteiger partial charge in [-0.2, -0.15) is 4.98 Å². The molecule has 210 valence electrons. The molecule has 3 rings (SSSR count). The summed E-state index contributed by atoms with van der Waals surface area (Å²) in [5.41, 5.74) is -0.0978. The van der Waals surface area contributed by atoms with Crippen molar-refractivity contribution in [1.29, 1.82) is 0 Å². The quantitative estimate of drug-likeness (QED) is 0.411. The minimum Gasteiger partial charge on any atom is -0.494 e. The summed E-state index contributed by atoms with van der Waals surface area (Å²) in [6, 6.07) is 6.73. The summed E-state index contributed by atoms with van der Waals surface area (Å²) < 4.78 is 21.6. The maximum atomic E-state index is 12.3. The highest BCUT2D eigenvalue weighted by atomic mass is 16.6. The first-order valence-corrected chi connectivity index (χ1v) is 13.4. The molecule has 2 atom stereocenters. The van der Waals surface area contributed by atoms with Crippen LogP contribution in [-0.4, -0.2) is 54.6 Å². The van der Waals surface area contributed by atoms with E-state index in [9.17, 15) is 9.59 Å². The Labute approximate surface area is 225 Å². The first kappa shape index (κ1) is 29.3. The number of carbonyl (C=O) groups excluding carboxylic acids is 2. The molecule has 0 aliphatic carbocycles. The van der Waals surface area contributed by atoms with Crippen molar-refractivity contribution in [2.45, 2.75) is 78.4 Å². The average Bonchev–Trinajstić information content (AvgIpc) is 3.37. The largest absolute Gasteiger partial charge is 0.494 e. The zero-order valence-electron chi connectivity index (χ0n) is 23.7. The first-order chi connectivity index (χ1) is 18.0. The van der Waals surface area contributed by atoms with Crippen molar-refractivity contribution in [2.75, 3.05) is 31.7 Å². The van der Waals surface area contributed by atoms with Gasteiger partial charge in [0.25, 0.3) is 0 Å². The lowest BCUT2D eigenvalue weighted by Gasteiger charge is -2.33.